The van der Waals surface area contributed by atoms with Gasteiger partial charge in [-0.2, -0.15) is 5.26 Å². The third-order valence-electron chi connectivity index (χ3n) is 2.50. The number of benzene rings is 1. The molecule has 0 atom stereocenters. The van der Waals surface area contributed by atoms with Crippen LogP contribution < -0.4 is 4.74 Å². The molecule has 0 amide bonds. The number of ether oxygens (including phenoxy) is 1. The molecule has 3 nitrogen and oxygen atoms in total. The van der Waals surface area contributed by atoms with Crippen molar-refractivity contribution in [2.24, 2.45) is 0 Å². The molecule has 0 aliphatic heterocycles. The summed E-state index contributed by atoms with van der Waals surface area (Å²) in [4.78, 5) is 4.28. The van der Waals surface area contributed by atoms with E-state index in [-0.39, 0.29) is 0 Å². The van der Waals surface area contributed by atoms with Crippen LogP contribution in [0, 0.1) is 25.2 Å². The van der Waals surface area contributed by atoms with Gasteiger partial charge in [0.15, 0.2) is 5.69 Å². The van der Waals surface area contributed by atoms with Gasteiger partial charge in [-0.1, -0.05) is 6.07 Å². The van der Waals surface area contributed by atoms with E-state index in [9.17, 15) is 0 Å². The van der Waals surface area contributed by atoms with Gasteiger partial charge in [0, 0.05) is 5.38 Å². The minimum absolute atomic E-state index is 0.451. The van der Waals surface area contributed by atoms with Crippen molar-refractivity contribution in [3.63, 3.8) is 0 Å². The minimum Gasteiger partial charge on any atom is -0.496 e. The van der Waals surface area contributed by atoms with Crippen LogP contribution in [0.1, 0.15) is 16.8 Å². The largest absolute Gasteiger partial charge is 0.496 e. The molecule has 2 rings (SSSR count). The summed E-state index contributed by atoms with van der Waals surface area (Å²) in [5, 5.41) is 11.4. The maximum absolute atomic E-state index is 8.80. The van der Waals surface area contributed by atoms with Gasteiger partial charge in [0.1, 0.15) is 16.8 Å². The summed E-state index contributed by atoms with van der Waals surface area (Å²) in [6.45, 7) is 4.06. The zero-order valence-electron chi connectivity index (χ0n) is 9.94. The first kappa shape index (κ1) is 11.6. The van der Waals surface area contributed by atoms with Gasteiger partial charge in [-0.3, -0.25) is 0 Å². The van der Waals surface area contributed by atoms with E-state index >= 15 is 0 Å². The Kier molecular flexibility index (Phi) is 3.12. The van der Waals surface area contributed by atoms with Crippen LogP contribution in [0.2, 0.25) is 0 Å². The average Bonchev–Trinajstić information content (AvgIpc) is 2.76. The van der Waals surface area contributed by atoms with E-state index in [0.717, 1.165) is 27.4 Å². The molecule has 0 fully saturated rings. The highest BCUT2D eigenvalue weighted by atomic mass is 32.1. The molecule has 0 N–H and O–H groups in total. The second kappa shape index (κ2) is 4.56. The molecule has 1 aromatic heterocycles. The highest BCUT2D eigenvalue weighted by molar-refractivity contribution is 7.13. The van der Waals surface area contributed by atoms with E-state index in [0.29, 0.717) is 5.69 Å². The van der Waals surface area contributed by atoms with Crippen molar-refractivity contribution < 1.29 is 4.74 Å². The number of nitrogens with zero attached hydrogens (tertiary/aromatic N) is 2. The highest BCUT2D eigenvalue weighted by Crippen LogP contribution is 2.35. The third-order valence-corrected chi connectivity index (χ3v) is 3.36. The van der Waals surface area contributed by atoms with Crippen molar-refractivity contribution in [3.05, 3.63) is 34.3 Å². The van der Waals surface area contributed by atoms with E-state index in [4.69, 9.17) is 10.00 Å². The normalized spacial score (nSPS) is 10.0. The summed E-state index contributed by atoms with van der Waals surface area (Å²) in [6, 6.07) is 6.11. The number of methoxy groups -OCH3 is 1. The zero-order valence-corrected chi connectivity index (χ0v) is 10.8. The monoisotopic (exact) mass is 244 g/mol. The van der Waals surface area contributed by atoms with Crippen molar-refractivity contribution in [1.29, 1.82) is 5.26 Å². The highest BCUT2D eigenvalue weighted by Gasteiger charge is 2.13. The van der Waals surface area contributed by atoms with Crippen LogP contribution >= 0.6 is 11.3 Å². The van der Waals surface area contributed by atoms with Crippen molar-refractivity contribution in [2.75, 3.05) is 7.11 Å². The Morgan fingerprint density at radius 2 is 2.12 bits per heavy atom. The predicted octanol–water partition coefficient (Wildman–Crippen LogP) is 3.31. The van der Waals surface area contributed by atoms with Gasteiger partial charge in [0.2, 0.25) is 0 Å². The lowest BCUT2D eigenvalue weighted by atomic mass is 10.0. The summed E-state index contributed by atoms with van der Waals surface area (Å²) in [5.74, 6) is 0.807. The molecule has 1 aromatic carbocycles. The van der Waals surface area contributed by atoms with Crippen LogP contribution in [-0.4, -0.2) is 12.1 Å². The summed E-state index contributed by atoms with van der Waals surface area (Å²) >= 11 is 1.46. The van der Waals surface area contributed by atoms with Gasteiger partial charge in [-0.15, -0.1) is 11.3 Å². The fourth-order valence-electron chi connectivity index (χ4n) is 1.80. The van der Waals surface area contributed by atoms with Crippen LogP contribution in [0.15, 0.2) is 17.5 Å². The molecule has 2 aromatic rings. The van der Waals surface area contributed by atoms with Gasteiger partial charge in [0.05, 0.1) is 12.7 Å². The lowest BCUT2D eigenvalue weighted by Gasteiger charge is -2.10. The molecule has 4 heteroatoms. The Bertz CT molecular complexity index is 596. The van der Waals surface area contributed by atoms with Gasteiger partial charge < -0.3 is 4.74 Å². The van der Waals surface area contributed by atoms with Crippen molar-refractivity contribution in [2.45, 2.75) is 13.8 Å². The molecule has 0 spiro atoms. The molecule has 0 saturated carbocycles. The Hall–Kier alpha value is -1.86. The smallest absolute Gasteiger partial charge is 0.152 e. The Balaban J connectivity index is 2.62. The van der Waals surface area contributed by atoms with E-state index in [1.807, 2.05) is 26.0 Å². The minimum atomic E-state index is 0.451. The third kappa shape index (κ3) is 2.15. The Labute approximate surface area is 104 Å². The number of thiazole rings is 1. The molecule has 86 valence electrons. The first-order valence-electron chi connectivity index (χ1n) is 5.17. The van der Waals surface area contributed by atoms with Crippen LogP contribution in [-0.2, 0) is 0 Å². The second-order valence-electron chi connectivity index (χ2n) is 3.81. The van der Waals surface area contributed by atoms with Crippen LogP contribution in [0.3, 0.4) is 0 Å². The molecule has 1 heterocycles. The molecule has 0 aliphatic rings. The van der Waals surface area contributed by atoms with Gasteiger partial charge in [0.25, 0.3) is 0 Å². The number of hydrogen-bond acceptors (Lipinski definition) is 4. The Morgan fingerprint density at radius 3 is 2.71 bits per heavy atom. The van der Waals surface area contributed by atoms with Gasteiger partial charge in [-0.25, -0.2) is 4.98 Å². The first-order chi connectivity index (χ1) is 8.15. The van der Waals surface area contributed by atoms with Gasteiger partial charge >= 0.3 is 0 Å². The summed E-state index contributed by atoms with van der Waals surface area (Å²) in [7, 11) is 1.65. The van der Waals surface area contributed by atoms with Crippen LogP contribution in [0.4, 0.5) is 0 Å². The fraction of sp³-hybridized carbons (Fsp3) is 0.231. The zero-order chi connectivity index (χ0) is 12.4. The molecule has 0 unspecified atom stereocenters. The number of hydrogen-bond donors (Lipinski definition) is 0. The van der Waals surface area contributed by atoms with Crippen molar-refractivity contribution >= 4 is 11.3 Å². The summed E-state index contributed by atoms with van der Waals surface area (Å²) in [6.07, 6.45) is 0. The van der Waals surface area contributed by atoms with Crippen LogP contribution in [0.5, 0.6) is 5.75 Å². The topological polar surface area (TPSA) is 45.9 Å². The average molecular weight is 244 g/mol. The first-order valence-corrected chi connectivity index (χ1v) is 6.05. The van der Waals surface area contributed by atoms with E-state index in [2.05, 4.69) is 11.1 Å². The number of aryl methyl sites for hydroxylation is 2. The molecule has 0 bridgehead atoms. The predicted molar refractivity (Wildman–Crippen MR) is 68.3 cm³/mol. The van der Waals surface area contributed by atoms with E-state index < -0.39 is 0 Å². The lowest BCUT2D eigenvalue weighted by Crippen LogP contribution is -1.92. The summed E-state index contributed by atoms with van der Waals surface area (Å²) < 4.78 is 5.39. The SMILES string of the molecule is COc1cc(C)cc(C)c1-c1nc(C#N)cs1. The molecule has 0 aliphatic carbocycles. The van der Waals surface area contributed by atoms with Crippen molar-refractivity contribution in [3.8, 4) is 22.4 Å². The maximum Gasteiger partial charge on any atom is 0.152 e. The molecule has 0 saturated heterocycles. The van der Waals surface area contributed by atoms with E-state index in [1.165, 1.54) is 11.3 Å². The maximum atomic E-state index is 8.80. The molecular formula is C13H12N2OS. The molecule has 0 radical (unpaired) electrons. The standard InChI is InChI=1S/C13H12N2OS/c1-8-4-9(2)12(11(5-8)16-3)13-15-10(6-14)7-17-13/h4-5,7H,1-3H3. The van der Waals surface area contributed by atoms with Crippen molar-refractivity contribution in [1.82, 2.24) is 4.98 Å². The number of nitriles is 1. The molecular weight excluding hydrogens is 232 g/mol. The quantitative estimate of drug-likeness (QED) is 0.814. The second-order valence-corrected chi connectivity index (χ2v) is 4.67. The Morgan fingerprint density at radius 1 is 1.35 bits per heavy atom. The number of aromatic nitrogens is 1. The van der Waals surface area contributed by atoms with Gasteiger partial charge in [-0.05, 0) is 31.0 Å². The fourth-order valence-corrected chi connectivity index (χ4v) is 2.66. The molecule has 17 heavy (non-hydrogen) atoms. The van der Waals surface area contributed by atoms with Crippen LogP contribution in [0.25, 0.3) is 10.6 Å². The van der Waals surface area contributed by atoms with E-state index in [1.54, 1.807) is 12.5 Å². The number of rotatable bonds is 2. The summed E-state index contributed by atoms with van der Waals surface area (Å²) in [5.41, 5.74) is 3.69. The lowest BCUT2D eigenvalue weighted by molar-refractivity contribution is 0.416.